The van der Waals surface area contributed by atoms with Crippen molar-refractivity contribution in [2.24, 2.45) is 0 Å². The van der Waals surface area contributed by atoms with Crippen molar-refractivity contribution in [2.45, 2.75) is 25.6 Å². The first-order valence-corrected chi connectivity index (χ1v) is 12.3. The molecule has 0 aliphatic rings. The van der Waals surface area contributed by atoms with Crippen LogP contribution in [0.3, 0.4) is 0 Å². The number of aromatic nitrogens is 1. The molecule has 6 nitrogen and oxygen atoms in total. The van der Waals surface area contributed by atoms with Crippen LogP contribution in [0.2, 0.25) is 5.02 Å². The fourth-order valence-corrected chi connectivity index (χ4v) is 4.14. The first-order chi connectivity index (χ1) is 18.0. The zero-order valence-corrected chi connectivity index (χ0v) is 21.3. The fraction of sp³-hybridized carbons (Fsp3) is 0.167. The standard InChI is InChI=1S/C30H28ClN3O3/c1-37-27-16-12-23(13-17-27)21-34(28(35)19-22-10-14-25(31)15-11-22)29(24-7-3-2-4-8-24)30(36)33-20-26-9-5-6-18-32-26/h2-18,29H,19-21H2,1H3,(H,33,36). The largest absolute Gasteiger partial charge is 0.497 e. The molecule has 1 aromatic heterocycles. The van der Waals surface area contributed by atoms with Crippen LogP contribution >= 0.6 is 11.6 Å². The summed E-state index contributed by atoms with van der Waals surface area (Å²) in [5, 5.41) is 3.57. The third-order valence-corrected chi connectivity index (χ3v) is 6.20. The van der Waals surface area contributed by atoms with E-state index in [0.29, 0.717) is 5.02 Å². The lowest BCUT2D eigenvalue weighted by atomic mass is 10.0. The van der Waals surface area contributed by atoms with E-state index in [1.165, 1.54) is 0 Å². The van der Waals surface area contributed by atoms with Crippen molar-refractivity contribution in [1.82, 2.24) is 15.2 Å². The minimum absolute atomic E-state index is 0.129. The summed E-state index contributed by atoms with van der Waals surface area (Å²) in [6, 6.07) is 28.7. The maximum Gasteiger partial charge on any atom is 0.247 e. The number of carbonyl (C=O) groups is 2. The lowest BCUT2D eigenvalue weighted by molar-refractivity contribution is -0.141. The van der Waals surface area contributed by atoms with Crippen LogP contribution in [0, 0.1) is 0 Å². The number of halogens is 1. The number of benzene rings is 3. The smallest absolute Gasteiger partial charge is 0.247 e. The van der Waals surface area contributed by atoms with E-state index in [2.05, 4.69) is 10.3 Å². The summed E-state index contributed by atoms with van der Waals surface area (Å²) in [7, 11) is 1.61. The Morgan fingerprint density at radius 3 is 2.22 bits per heavy atom. The number of amides is 2. The molecule has 4 aromatic rings. The molecule has 1 heterocycles. The second kappa shape index (κ2) is 12.7. The molecule has 3 aromatic carbocycles. The molecule has 0 saturated heterocycles. The molecule has 37 heavy (non-hydrogen) atoms. The highest BCUT2D eigenvalue weighted by atomic mass is 35.5. The molecule has 0 fully saturated rings. The van der Waals surface area contributed by atoms with Crippen LogP contribution in [0.4, 0.5) is 0 Å². The zero-order chi connectivity index (χ0) is 26.0. The van der Waals surface area contributed by atoms with E-state index in [1.54, 1.807) is 30.3 Å². The molecule has 188 valence electrons. The summed E-state index contributed by atoms with van der Waals surface area (Å²) in [4.78, 5) is 33.4. The molecule has 0 spiro atoms. The number of nitrogens with one attached hydrogen (secondary N) is 1. The molecule has 0 aliphatic carbocycles. The molecular formula is C30H28ClN3O3. The number of pyridine rings is 1. The predicted molar refractivity (Wildman–Crippen MR) is 144 cm³/mol. The van der Waals surface area contributed by atoms with E-state index in [9.17, 15) is 9.59 Å². The Morgan fingerprint density at radius 1 is 0.892 bits per heavy atom. The molecule has 0 radical (unpaired) electrons. The molecule has 1 N–H and O–H groups in total. The van der Waals surface area contributed by atoms with E-state index in [0.717, 1.165) is 28.1 Å². The Hall–Kier alpha value is -4.16. The first-order valence-electron chi connectivity index (χ1n) is 11.9. The monoisotopic (exact) mass is 513 g/mol. The van der Waals surface area contributed by atoms with Crippen LogP contribution in [0.15, 0.2) is 103 Å². The number of hydrogen-bond donors (Lipinski definition) is 1. The van der Waals surface area contributed by atoms with Gasteiger partial charge in [-0.25, -0.2) is 0 Å². The third-order valence-electron chi connectivity index (χ3n) is 5.95. The summed E-state index contributed by atoms with van der Waals surface area (Å²) in [6.45, 7) is 0.498. The zero-order valence-electron chi connectivity index (χ0n) is 20.5. The average Bonchev–Trinajstić information content (AvgIpc) is 2.94. The van der Waals surface area contributed by atoms with Gasteiger partial charge in [-0.15, -0.1) is 0 Å². The Labute approximate surface area is 221 Å². The van der Waals surface area contributed by atoms with Gasteiger partial charge in [-0.3, -0.25) is 14.6 Å². The second-order valence-electron chi connectivity index (χ2n) is 8.53. The Morgan fingerprint density at radius 2 is 1.57 bits per heavy atom. The summed E-state index contributed by atoms with van der Waals surface area (Å²) in [5.74, 6) is 0.255. The Kier molecular flexibility index (Phi) is 8.89. The highest BCUT2D eigenvalue weighted by molar-refractivity contribution is 6.30. The van der Waals surface area contributed by atoms with Gasteiger partial charge in [-0.1, -0.05) is 72.3 Å². The summed E-state index contributed by atoms with van der Waals surface area (Å²) in [5.41, 5.74) is 3.15. The van der Waals surface area contributed by atoms with E-state index in [-0.39, 0.29) is 31.3 Å². The van der Waals surface area contributed by atoms with Gasteiger partial charge in [-0.2, -0.15) is 0 Å². The average molecular weight is 514 g/mol. The SMILES string of the molecule is COc1ccc(CN(C(=O)Cc2ccc(Cl)cc2)C(C(=O)NCc2ccccn2)c2ccccc2)cc1. The summed E-state index contributed by atoms with van der Waals surface area (Å²) < 4.78 is 5.28. The quantitative estimate of drug-likeness (QED) is 0.309. The van der Waals surface area contributed by atoms with E-state index >= 15 is 0 Å². The molecule has 1 unspecified atom stereocenters. The highest BCUT2D eigenvalue weighted by Crippen LogP contribution is 2.26. The third kappa shape index (κ3) is 7.18. The molecule has 0 aliphatic heterocycles. The van der Waals surface area contributed by atoms with Gasteiger partial charge in [0.25, 0.3) is 0 Å². The van der Waals surface area contributed by atoms with Crippen LogP contribution in [-0.2, 0) is 29.1 Å². The van der Waals surface area contributed by atoms with Gasteiger partial charge in [0.2, 0.25) is 11.8 Å². The van der Waals surface area contributed by atoms with Gasteiger partial charge >= 0.3 is 0 Å². The summed E-state index contributed by atoms with van der Waals surface area (Å²) >= 11 is 6.04. The number of carbonyl (C=O) groups excluding carboxylic acids is 2. The molecule has 0 saturated carbocycles. The van der Waals surface area contributed by atoms with Crippen molar-refractivity contribution in [3.05, 3.63) is 131 Å². The van der Waals surface area contributed by atoms with Gasteiger partial charge in [-0.05, 0) is 53.1 Å². The van der Waals surface area contributed by atoms with E-state index in [1.807, 2.05) is 84.9 Å². The molecule has 1 atom stereocenters. The fourth-order valence-electron chi connectivity index (χ4n) is 4.01. The van der Waals surface area contributed by atoms with Gasteiger partial charge in [0, 0.05) is 17.8 Å². The Balaban J connectivity index is 1.67. The number of methoxy groups -OCH3 is 1. The van der Waals surface area contributed by atoms with Crippen molar-refractivity contribution in [3.63, 3.8) is 0 Å². The molecule has 0 bridgehead atoms. The van der Waals surface area contributed by atoms with Crippen LogP contribution in [-0.4, -0.2) is 28.8 Å². The minimum Gasteiger partial charge on any atom is -0.497 e. The van der Waals surface area contributed by atoms with Crippen LogP contribution < -0.4 is 10.1 Å². The van der Waals surface area contributed by atoms with Crippen LogP contribution in [0.5, 0.6) is 5.75 Å². The highest BCUT2D eigenvalue weighted by Gasteiger charge is 2.31. The lowest BCUT2D eigenvalue weighted by Gasteiger charge is -2.32. The topological polar surface area (TPSA) is 71.5 Å². The summed E-state index contributed by atoms with van der Waals surface area (Å²) in [6.07, 6.45) is 1.81. The molecule has 7 heteroatoms. The first kappa shape index (κ1) is 25.9. The number of nitrogens with zero attached hydrogens (tertiary/aromatic N) is 2. The number of rotatable bonds is 10. The minimum atomic E-state index is -0.841. The molecule has 2 amide bonds. The number of ether oxygens (including phenoxy) is 1. The molecular weight excluding hydrogens is 486 g/mol. The Bertz CT molecular complexity index is 1300. The number of hydrogen-bond acceptors (Lipinski definition) is 4. The van der Waals surface area contributed by atoms with Crippen molar-refractivity contribution in [2.75, 3.05) is 7.11 Å². The van der Waals surface area contributed by atoms with Gasteiger partial charge in [0.15, 0.2) is 0 Å². The maximum absolute atomic E-state index is 13.8. The predicted octanol–water partition coefficient (Wildman–Crippen LogP) is 5.37. The maximum atomic E-state index is 13.8. The lowest BCUT2D eigenvalue weighted by Crippen LogP contribution is -2.44. The van der Waals surface area contributed by atoms with Gasteiger partial charge in [0.05, 0.1) is 25.8 Å². The van der Waals surface area contributed by atoms with Gasteiger partial charge in [0.1, 0.15) is 11.8 Å². The van der Waals surface area contributed by atoms with Crippen molar-refractivity contribution in [3.8, 4) is 5.75 Å². The van der Waals surface area contributed by atoms with Crippen molar-refractivity contribution < 1.29 is 14.3 Å². The normalized spacial score (nSPS) is 11.4. The van der Waals surface area contributed by atoms with Crippen LogP contribution in [0.25, 0.3) is 0 Å². The van der Waals surface area contributed by atoms with Crippen molar-refractivity contribution in [1.29, 1.82) is 0 Å². The van der Waals surface area contributed by atoms with Crippen LogP contribution in [0.1, 0.15) is 28.4 Å². The second-order valence-corrected chi connectivity index (χ2v) is 8.96. The van der Waals surface area contributed by atoms with Gasteiger partial charge < -0.3 is 15.0 Å². The molecule has 4 rings (SSSR count). The van der Waals surface area contributed by atoms with E-state index < -0.39 is 6.04 Å². The van der Waals surface area contributed by atoms with E-state index in [4.69, 9.17) is 16.3 Å². The van der Waals surface area contributed by atoms with Crippen molar-refractivity contribution >= 4 is 23.4 Å².